The molecular weight excluding hydrogens is 348 g/mol. The molecule has 0 bridgehead atoms. The topological polar surface area (TPSA) is 44.8 Å². The fraction of sp³-hybridized carbons (Fsp3) is 0.389. The first kappa shape index (κ1) is 17.3. The Kier molecular flexibility index (Phi) is 5.43. The minimum absolute atomic E-state index is 0.127. The van der Waals surface area contributed by atoms with Crippen LogP contribution in [-0.4, -0.2) is 12.8 Å². The van der Waals surface area contributed by atoms with Gasteiger partial charge in [-0.1, -0.05) is 24.9 Å². The number of aryl methyl sites for hydroxylation is 2. The zero-order valence-electron chi connectivity index (χ0n) is 13.7. The Morgan fingerprint density at radius 3 is 2.96 bits per heavy atom. The monoisotopic (exact) mass is 366 g/mol. The molecule has 6 heteroatoms. The summed E-state index contributed by atoms with van der Waals surface area (Å²) >= 11 is 7.60. The molecule has 4 nitrogen and oxygen atoms in total. The van der Waals surface area contributed by atoms with E-state index in [2.05, 4.69) is 6.92 Å². The van der Waals surface area contributed by atoms with E-state index in [1.165, 1.54) is 21.8 Å². The van der Waals surface area contributed by atoms with Crippen molar-refractivity contribution >= 4 is 28.9 Å². The van der Waals surface area contributed by atoms with E-state index < -0.39 is 0 Å². The molecule has 128 valence electrons. The summed E-state index contributed by atoms with van der Waals surface area (Å²) in [4.78, 5) is 14.1. The second-order valence-electron chi connectivity index (χ2n) is 5.68. The Morgan fingerprint density at radius 1 is 1.33 bits per heavy atom. The highest BCUT2D eigenvalue weighted by atomic mass is 35.5. The lowest BCUT2D eigenvalue weighted by Crippen LogP contribution is -2.14. The van der Waals surface area contributed by atoms with Crippen LogP contribution in [-0.2, 0) is 29.1 Å². The van der Waals surface area contributed by atoms with Gasteiger partial charge < -0.3 is 14.2 Å². The predicted octanol–water partition coefficient (Wildman–Crippen LogP) is 4.89. The summed E-state index contributed by atoms with van der Waals surface area (Å²) in [6.07, 6.45) is 2.03. The lowest BCUT2D eigenvalue weighted by atomic mass is 10.1. The van der Waals surface area contributed by atoms with Gasteiger partial charge in [-0.25, -0.2) is 4.79 Å². The third kappa shape index (κ3) is 3.74. The zero-order valence-corrected chi connectivity index (χ0v) is 15.3. The molecule has 0 aliphatic carbocycles. The summed E-state index contributed by atoms with van der Waals surface area (Å²) in [5.41, 5.74) is 2.85. The summed E-state index contributed by atoms with van der Waals surface area (Å²) in [6, 6.07) is 5.51. The van der Waals surface area contributed by atoms with Gasteiger partial charge in [0.1, 0.15) is 17.2 Å². The number of carbonyl (C=O) groups is 1. The van der Waals surface area contributed by atoms with Crippen LogP contribution in [0.5, 0.6) is 5.75 Å². The maximum absolute atomic E-state index is 12.3. The fourth-order valence-corrected chi connectivity index (χ4v) is 3.95. The summed E-state index contributed by atoms with van der Waals surface area (Å²) in [7, 11) is 0. The van der Waals surface area contributed by atoms with E-state index in [0.29, 0.717) is 22.3 Å². The first-order chi connectivity index (χ1) is 11.6. The number of benzene rings is 1. The van der Waals surface area contributed by atoms with Gasteiger partial charge >= 0.3 is 5.97 Å². The first-order valence-corrected chi connectivity index (χ1v) is 9.06. The Morgan fingerprint density at radius 2 is 2.17 bits per heavy atom. The second-order valence-corrected chi connectivity index (χ2v) is 7.37. The number of carbonyl (C=O) groups excluding carboxylic acids is 1. The number of thiophene rings is 1. The van der Waals surface area contributed by atoms with Gasteiger partial charge in [0.2, 0.25) is 0 Å². The SMILES string of the molecule is CCCc1cc(C(=O)OCc2cc(Cl)cc3c2OCOC3)sc1C. The van der Waals surface area contributed by atoms with Gasteiger partial charge in [0, 0.05) is 21.0 Å². The molecule has 2 aromatic rings. The molecule has 0 N–H and O–H groups in total. The van der Waals surface area contributed by atoms with Crippen LogP contribution in [0.4, 0.5) is 0 Å². The molecule has 0 amide bonds. The van der Waals surface area contributed by atoms with Gasteiger partial charge in [-0.15, -0.1) is 11.3 Å². The number of halogens is 1. The van der Waals surface area contributed by atoms with Crippen LogP contribution in [0, 0.1) is 6.92 Å². The number of fused-ring (bicyclic) bond motifs is 1. The molecular formula is C18H19ClO4S. The van der Waals surface area contributed by atoms with Crippen molar-refractivity contribution in [3.05, 3.63) is 49.7 Å². The van der Waals surface area contributed by atoms with Gasteiger partial charge in [-0.3, -0.25) is 0 Å². The van der Waals surface area contributed by atoms with Crippen LogP contribution in [0.3, 0.4) is 0 Å². The molecule has 1 aliphatic heterocycles. The van der Waals surface area contributed by atoms with E-state index >= 15 is 0 Å². The van der Waals surface area contributed by atoms with Crippen LogP contribution < -0.4 is 4.74 Å². The van der Waals surface area contributed by atoms with Gasteiger partial charge in [-0.05, 0) is 37.1 Å². The maximum atomic E-state index is 12.3. The first-order valence-electron chi connectivity index (χ1n) is 7.86. The van der Waals surface area contributed by atoms with Gasteiger partial charge in [0.05, 0.1) is 6.61 Å². The van der Waals surface area contributed by atoms with Crippen molar-refractivity contribution in [1.82, 2.24) is 0 Å². The van der Waals surface area contributed by atoms with Crippen molar-refractivity contribution in [1.29, 1.82) is 0 Å². The van der Waals surface area contributed by atoms with E-state index in [9.17, 15) is 4.79 Å². The van der Waals surface area contributed by atoms with Crippen LogP contribution in [0.15, 0.2) is 18.2 Å². The molecule has 3 rings (SSSR count). The summed E-state index contributed by atoms with van der Waals surface area (Å²) in [6.45, 7) is 4.93. The highest BCUT2D eigenvalue weighted by Crippen LogP contribution is 2.32. The van der Waals surface area contributed by atoms with Gasteiger partial charge in [0.25, 0.3) is 0 Å². The average Bonchev–Trinajstić information content (AvgIpc) is 2.93. The van der Waals surface area contributed by atoms with E-state index in [1.807, 2.05) is 13.0 Å². The quantitative estimate of drug-likeness (QED) is 0.707. The molecule has 0 saturated heterocycles. The van der Waals surface area contributed by atoms with Gasteiger partial charge in [-0.2, -0.15) is 0 Å². The smallest absolute Gasteiger partial charge is 0.348 e. The van der Waals surface area contributed by atoms with Crippen LogP contribution in [0.25, 0.3) is 0 Å². The molecule has 0 saturated carbocycles. The number of rotatable bonds is 5. The molecule has 0 radical (unpaired) electrons. The van der Waals surface area contributed by atoms with E-state index in [4.69, 9.17) is 25.8 Å². The van der Waals surface area contributed by atoms with Crippen LogP contribution >= 0.6 is 22.9 Å². The molecule has 0 fully saturated rings. The van der Waals surface area contributed by atoms with Crippen molar-refractivity contribution in [2.24, 2.45) is 0 Å². The third-order valence-electron chi connectivity index (χ3n) is 3.85. The fourth-order valence-electron chi connectivity index (χ4n) is 2.72. The molecule has 1 aliphatic rings. The molecule has 1 aromatic carbocycles. The van der Waals surface area contributed by atoms with Crippen molar-refractivity contribution in [2.75, 3.05) is 6.79 Å². The number of hydrogen-bond acceptors (Lipinski definition) is 5. The minimum atomic E-state index is -0.314. The van der Waals surface area contributed by atoms with Crippen LogP contribution in [0.1, 0.15) is 44.6 Å². The number of ether oxygens (including phenoxy) is 3. The lowest BCUT2D eigenvalue weighted by Gasteiger charge is -2.21. The molecule has 2 heterocycles. The van der Waals surface area contributed by atoms with Gasteiger partial charge in [0.15, 0.2) is 6.79 Å². The van der Waals surface area contributed by atoms with Crippen molar-refractivity contribution in [3.63, 3.8) is 0 Å². The third-order valence-corrected chi connectivity index (χ3v) is 5.14. The Balaban J connectivity index is 1.73. The minimum Gasteiger partial charge on any atom is -0.467 e. The summed E-state index contributed by atoms with van der Waals surface area (Å²) < 4.78 is 16.3. The Hall–Kier alpha value is -1.56. The molecule has 1 aromatic heterocycles. The molecule has 0 spiro atoms. The summed E-state index contributed by atoms with van der Waals surface area (Å²) in [5, 5.41) is 0.575. The Bertz CT molecular complexity index is 754. The largest absolute Gasteiger partial charge is 0.467 e. The molecule has 0 unspecified atom stereocenters. The standard InChI is InChI=1S/C18H19ClO4S/c1-3-4-12-7-16(24-11(12)2)18(20)22-9-14-6-15(19)5-13-8-21-10-23-17(13)14/h5-7H,3-4,8-10H2,1-2H3. The number of hydrogen-bond donors (Lipinski definition) is 0. The predicted molar refractivity (Wildman–Crippen MR) is 93.9 cm³/mol. The molecule has 24 heavy (non-hydrogen) atoms. The highest BCUT2D eigenvalue weighted by molar-refractivity contribution is 7.14. The van der Waals surface area contributed by atoms with E-state index in [0.717, 1.165) is 24.0 Å². The van der Waals surface area contributed by atoms with Crippen molar-refractivity contribution in [2.45, 2.75) is 39.9 Å². The maximum Gasteiger partial charge on any atom is 0.348 e. The van der Waals surface area contributed by atoms with E-state index in [1.54, 1.807) is 12.1 Å². The Labute approximate surface area is 150 Å². The molecule has 0 atom stereocenters. The lowest BCUT2D eigenvalue weighted by molar-refractivity contribution is -0.0180. The zero-order chi connectivity index (χ0) is 17.1. The van der Waals surface area contributed by atoms with Crippen LogP contribution in [0.2, 0.25) is 5.02 Å². The second kappa shape index (κ2) is 7.55. The van der Waals surface area contributed by atoms with Crippen molar-refractivity contribution in [3.8, 4) is 5.75 Å². The number of esters is 1. The van der Waals surface area contributed by atoms with E-state index in [-0.39, 0.29) is 19.4 Å². The van der Waals surface area contributed by atoms with Crippen molar-refractivity contribution < 1.29 is 19.0 Å². The normalized spacial score (nSPS) is 13.3. The highest BCUT2D eigenvalue weighted by Gasteiger charge is 2.19. The average molecular weight is 367 g/mol. The summed E-state index contributed by atoms with van der Waals surface area (Å²) in [5.74, 6) is 0.388.